The molecule has 1 unspecified atom stereocenters. The number of rotatable bonds is 5. The zero-order valence-corrected chi connectivity index (χ0v) is 13.0. The molecule has 1 aromatic carbocycles. The molecule has 0 amide bonds. The van der Waals surface area contributed by atoms with E-state index in [-0.39, 0.29) is 12.0 Å². The first kappa shape index (κ1) is 14.8. The highest BCUT2D eigenvalue weighted by atomic mass is 79.9. The molecule has 5 heteroatoms. The Bertz CT molecular complexity index is 595. The number of hydrogen-bond acceptors (Lipinski definition) is 3. The largest absolute Gasteiger partial charge is 0.464 e. The fourth-order valence-corrected chi connectivity index (χ4v) is 2.35. The maximum absolute atomic E-state index is 11.3. The number of hydrogen-bond donors (Lipinski definition) is 2. The summed E-state index contributed by atoms with van der Waals surface area (Å²) in [5.41, 5.74) is 2.63. The number of carbonyl (C=O) groups excluding carboxylic acids is 1. The molecule has 0 aliphatic carbocycles. The predicted octanol–water partition coefficient (Wildman–Crippen LogP) is 3.41. The van der Waals surface area contributed by atoms with E-state index >= 15 is 0 Å². The SMILES string of the molecule is COC(=O)c1ccc(CNC(C)c2cccc(Br)c2)[nH]1. The van der Waals surface area contributed by atoms with Gasteiger partial charge in [0.1, 0.15) is 5.69 Å². The number of aromatic nitrogens is 1. The molecule has 0 fully saturated rings. The Hall–Kier alpha value is -1.59. The van der Waals surface area contributed by atoms with Gasteiger partial charge in [0.15, 0.2) is 0 Å². The second kappa shape index (κ2) is 6.72. The van der Waals surface area contributed by atoms with Crippen molar-refractivity contribution in [2.75, 3.05) is 7.11 Å². The Morgan fingerprint density at radius 2 is 2.20 bits per heavy atom. The fraction of sp³-hybridized carbons (Fsp3) is 0.267. The minimum Gasteiger partial charge on any atom is -0.464 e. The second-order valence-corrected chi connectivity index (χ2v) is 5.46. The lowest BCUT2D eigenvalue weighted by Gasteiger charge is -2.14. The van der Waals surface area contributed by atoms with Crippen LogP contribution in [0.4, 0.5) is 0 Å². The van der Waals surface area contributed by atoms with Gasteiger partial charge in [-0.05, 0) is 36.8 Å². The summed E-state index contributed by atoms with van der Waals surface area (Å²) in [6, 6.07) is 12.0. The van der Waals surface area contributed by atoms with Gasteiger partial charge in [0.2, 0.25) is 0 Å². The average molecular weight is 337 g/mol. The van der Waals surface area contributed by atoms with Crippen LogP contribution in [0.15, 0.2) is 40.9 Å². The lowest BCUT2D eigenvalue weighted by molar-refractivity contribution is 0.0594. The molecule has 1 heterocycles. The quantitative estimate of drug-likeness (QED) is 0.822. The number of carbonyl (C=O) groups is 1. The van der Waals surface area contributed by atoms with Crippen molar-refractivity contribution in [1.29, 1.82) is 0 Å². The summed E-state index contributed by atoms with van der Waals surface area (Å²) in [6.07, 6.45) is 0. The fourth-order valence-electron chi connectivity index (χ4n) is 1.93. The molecule has 0 aliphatic rings. The highest BCUT2D eigenvalue weighted by Gasteiger charge is 2.09. The van der Waals surface area contributed by atoms with Crippen LogP contribution in [-0.2, 0) is 11.3 Å². The van der Waals surface area contributed by atoms with E-state index in [0.717, 1.165) is 10.2 Å². The van der Waals surface area contributed by atoms with Gasteiger partial charge < -0.3 is 15.0 Å². The van der Waals surface area contributed by atoms with Crippen LogP contribution in [0, 0.1) is 0 Å². The van der Waals surface area contributed by atoms with Crippen LogP contribution in [0.25, 0.3) is 0 Å². The Labute approximate surface area is 126 Å². The summed E-state index contributed by atoms with van der Waals surface area (Å²) in [7, 11) is 1.37. The van der Waals surface area contributed by atoms with Crippen molar-refractivity contribution in [2.45, 2.75) is 19.5 Å². The standard InChI is InChI=1S/C15H17BrN2O2/c1-10(11-4-3-5-12(16)8-11)17-9-13-6-7-14(18-13)15(19)20-2/h3-8,10,17-18H,9H2,1-2H3. The molecule has 20 heavy (non-hydrogen) atoms. The van der Waals surface area contributed by atoms with Gasteiger partial charge in [-0.25, -0.2) is 4.79 Å². The Morgan fingerprint density at radius 3 is 2.90 bits per heavy atom. The molecule has 2 aromatic rings. The molecule has 0 radical (unpaired) electrons. The van der Waals surface area contributed by atoms with Gasteiger partial charge in [-0.2, -0.15) is 0 Å². The molecule has 0 saturated heterocycles. The molecular formula is C15H17BrN2O2. The van der Waals surface area contributed by atoms with E-state index in [0.29, 0.717) is 12.2 Å². The second-order valence-electron chi connectivity index (χ2n) is 4.55. The third kappa shape index (κ3) is 3.71. The van der Waals surface area contributed by atoms with Crippen molar-refractivity contribution in [2.24, 2.45) is 0 Å². The number of esters is 1. The van der Waals surface area contributed by atoms with Gasteiger partial charge >= 0.3 is 5.97 Å². The Kier molecular flexibility index (Phi) is 4.98. The summed E-state index contributed by atoms with van der Waals surface area (Å²) >= 11 is 3.47. The van der Waals surface area contributed by atoms with Gasteiger partial charge in [0.25, 0.3) is 0 Å². The third-order valence-corrected chi connectivity index (χ3v) is 3.59. The topological polar surface area (TPSA) is 54.1 Å². The first-order valence-corrected chi connectivity index (χ1v) is 7.14. The Balaban J connectivity index is 1.95. The van der Waals surface area contributed by atoms with Crippen LogP contribution < -0.4 is 5.32 Å². The molecule has 1 aromatic heterocycles. The molecule has 106 valence electrons. The highest BCUT2D eigenvalue weighted by Crippen LogP contribution is 2.18. The van der Waals surface area contributed by atoms with E-state index in [1.807, 2.05) is 18.2 Å². The van der Waals surface area contributed by atoms with Crippen molar-refractivity contribution in [3.63, 3.8) is 0 Å². The summed E-state index contributed by atoms with van der Waals surface area (Å²) in [6.45, 7) is 2.76. The third-order valence-electron chi connectivity index (χ3n) is 3.10. The first-order valence-electron chi connectivity index (χ1n) is 6.35. The van der Waals surface area contributed by atoms with Crippen LogP contribution >= 0.6 is 15.9 Å². The molecule has 0 bridgehead atoms. The van der Waals surface area contributed by atoms with Crippen molar-refractivity contribution in [3.8, 4) is 0 Å². The highest BCUT2D eigenvalue weighted by molar-refractivity contribution is 9.10. The number of aromatic amines is 1. The summed E-state index contributed by atoms with van der Waals surface area (Å²) < 4.78 is 5.73. The van der Waals surface area contributed by atoms with E-state index in [9.17, 15) is 4.79 Å². The molecule has 0 aliphatic heterocycles. The molecule has 0 saturated carbocycles. The number of ether oxygens (including phenoxy) is 1. The van der Waals surface area contributed by atoms with Gasteiger partial charge in [-0.1, -0.05) is 28.1 Å². The molecule has 2 rings (SSSR count). The van der Waals surface area contributed by atoms with Crippen LogP contribution in [0.5, 0.6) is 0 Å². The molecule has 2 N–H and O–H groups in total. The van der Waals surface area contributed by atoms with Crippen molar-refractivity contribution < 1.29 is 9.53 Å². The van der Waals surface area contributed by atoms with Crippen molar-refractivity contribution in [1.82, 2.24) is 10.3 Å². The van der Waals surface area contributed by atoms with Gasteiger partial charge in [0, 0.05) is 22.8 Å². The van der Waals surface area contributed by atoms with Crippen LogP contribution in [0.2, 0.25) is 0 Å². The van der Waals surface area contributed by atoms with Crippen molar-refractivity contribution in [3.05, 3.63) is 57.8 Å². The molecule has 1 atom stereocenters. The van der Waals surface area contributed by atoms with E-state index in [1.54, 1.807) is 6.07 Å². The summed E-state index contributed by atoms with van der Waals surface area (Å²) in [5.74, 6) is -0.351. The zero-order chi connectivity index (χ0) is 14.5. The monoisotopic (exact) mass is 336 g/mol. The maximum Gasteiger partial charge on any atom is 0.354 e. The van der Waals surface area contributed by atoms with Crippen molar-refractivity contribution >= 4 is 21.9 Å². The minimum absolute atomic E-state index is 0.220. The number of halogens is 1. The zero-order valence-electron chi connectivity index (χ0n) is 11.4. The van der Waals surface area contributed by atoms with Crippen LogP contribution in [-0.4, -0.2) is 18.1 Å². The average Bonchev–Trinajstić information content (AvgIpc) is 2.92. The van der Waals surface area contributed by atoms with Gasteiger partial charge in [0.05, 0.1) is 7.11 Å². The molecule has 0 spiro atoms. The van der Waals surface area contributed by atoms with Gasteiger partial charge in [-0.3, -0.25) is 0 Å². The number of nitrogens with one attached hydrogen (secondary N) is 2. The minimum atomic E-state index is -0.351. The van der Waals surface area contributed by atoms with E-state index in [4.69, 9.17) is 0 Å². The normalized spacial score (nSPS) is 12.2. The summed E-state index contributed by atoms with van der Waals surface area (Å²) in [5, 5.41) is 3.41. The van der Waals surface area contributed by atoms with Crippen LogP contribution in [0.3, 0.4) is 0 Å². The maximum atomic E-state index is 11.3. The lowest BCUT2D eigenvalue weighted by Crippen LogP contribution is -2.18. The smallest absolute Gasteiger partial charge is 0.354 e. The number of methoxy groups -OCH3 is 1. The van der Waals surface area contributed by atoms with E-state index < -0.39 is 0 Å². The Morgan fingerprint density at radius 1 is 1.40 bits per heavy atom. The van der Waals surface area contributed by atoms with Gasteiger partial charge in [-0.15, -0.1) is 0 Å². The molecular weight excluding hydrogens is 320 g/mol. The summed E-state index contributed by atoms with van der Waals surface area (Å²) in [4.78, 5) is 14.4. The first-order chi connectivity index (χ1) is 9.60. The number of benzene rings is 1. The van der Waals surface area contributed by atoms with E-state index in [2.05, 4.69) is 50.0 Å². The lowest BCUT2D eigenvalue weighted by atomic mass is 10.1. The predicted molar refractivity (Wildman–Crippen MR) is 81.5 cm³/mol. The van der Waals surface area contributed by atoms with E-state index in [1.165, 1.54) is 12.7 Å². The molecule has 4 nitrogen and oxygen atoms in total. The number of H-pyrrole nitrogens is 1. The van der Waals surface area contributed by atoms with Crippen LogP contribution in [0.1, 0.15) is 34.7 Å².